The number of hydrogen-bond donors (Lipinski definition) is 0. The molecular formula is C56H43N. The molecule has 0 radical (unpaired) electrons. The topological polar surface area (TPSA) is 3.24 Å². The number of para-hydroxylation sites is 1. The van der Waals surface area contributed by atoms with E-state index >= 15 is 0 Å². The molecule has 10 aromatic carbocycles. The summed E-state index contributed by atoms with van der Waals surface area (Å²) in [5.41, 5.74) is 11.0. The highest BCUT2D eigenvalue weighted by Crippen LogP contribution is 2.54. The number of nitrogens with zero attached hydrogens (tertiary/aromatic N) is 1. The van der Waals surface area contributed by atoms with Gasteiger partial charge in [0.1, 0.15) is 0 Å². The minimum absolute atomic E-state index is 0.0324. The molecule has 1 heteroatoms. The van der Waals surface area contributed by atoms with E-state index in [-0.39, 0.29) is 10.8 Å². The highest BCUT2D eigenvalue weighted by molar-refractivity contribution is 6.25. The summed E-state index contributed by atoms with van der Waals surface area (Å²) in [6.45, 7) is 9.71. The van der Waals surface area contributed by atoms with Crippen LogP contribution in [0.3, 0.4) is 0 Å². The second-order valence-electron chi connectivity index (χ2n) is 17.0. The zero-order valence-electron chi connectivity index (χ0n) is 32.8. The average Bonchev–Trinajstić information content (AvgIpc) is 3.26. The summed E-state index contributed by atoms with van der Waals surface area (Å²) in [5.74, 6) is 0. The van der Waals surface area contributed by atoms with Gasteiger partial charge in [0.05, 0.1) is 0 Å². The molecule has 11 rings (SSSR count). The standard InChI is InChI=1S/C56H43N/c1-55(2)51-26-14-15-36-27-28-40-31-41(35-52(56(55,3)4)54(40)53(36)51)38-17-13-21-44(33-38)57(42-18-6-5-7-19-42)43-20-12-16-37(32-43)39-29-30-49-47-24-9-8-22-45(47)46-23-10-11-25-48(46)50(49)34-39/h5-35H,1-4H3. The maximum Gasteiger partial charge on any atom is 0.0467 e. The van der Waals surface area contributed by atoms with E-state index in [9.17, 15) is 0 Å². The molecule has 0 amide bonds. The Morgan fingerprint density at radius 3 is 1.46 bits per heavy atom. The van der Waals surface area contributed by atoms with Crippen molar-refractivity contribution in [3.63, 3.8) is 0 Å². The monoisotopic (exact) mass is 729 g/mol. The fraction of sp³-hybridized carbons (Fsp3) is 0.107. The normalized spacial score (nSPS) is 14.2. The van der Waals surface area contributed by atoms with E-state index in [4.69, 9.17) is 0 Å². The van der Waals surface area contributed by atoms with Crippen LogP contribution in [0.25, 0.3) is 76.1 Å². The molecule has 0 atom stereocenters. The van der Waals surface area contributed by atoms with Crippen LogP contribution in [-0.4, -0.2) is 0 Å². The first-order chi connectivity index (χ1) is 27.8. The van der Waals surface area contributed by atoms with Gasteiger partial charge in [-0.3, -0.25) is 0 Å². The van der Waals surface area contributed by atoms with E-state index in [1.54, 1.807) is 0 Å². The van der Waals surface area contributed by atoms with Gasteiger partial charge in [-0.25, -0.2) is 0 Å². The van der Waals surface area contributed by atoms with E-state index in [2.05, 4.69) is 221 Å². The molecule has 1 aliphatic carbocycles. The molecule has 0 bridgehead atoms. The lowest BCUT2D eigenvalue weighted by Crippen LogP contribution is -2.42. The van der Waals surface area contributed by atoms with Crippen molar-refractivity contribution in [2.45, 2.75) is 38.5 Å². The van der Waals surface area contributed by atoms with Crippen molar-refractivity contribution in [1.29, 1.82) is 0 Å². The predicted octanol–water partition coefficient (Wildman–Crippen LogP) is 15.8. The van der Waals surface area contributed by atoms with E-state index in [0.29, 0.717) is 0 Å². The molecule has 1 nitrogen and oxygen atoms in total. The Morgan fingerprint density at radius 1 is 0.298 bits per heavy atom. The Labute approximate surface area is 334 Å². The molecule has 1 aliphatic rings. The molecule has 0 unspecified atom stereocenters. The average molecular weight is 730 g/mol. The summed E-state index contributed by atoms with van der Waals surface area (Å²) in [6.07, 6.45) is 0. The molecule has 57 heavy (non-hydrogen) atoms. The summed E-state index contributed by atoms with van der Waals surface area (Å²) in [6, 6.07) is 69.9. The summed E-state index contributed by atoms with van der Waals surface area (Å²) in [4.78, 5) is 2.40. The van der Waals surface area contributed by atoms with Crippen LogP contribution in [0, 0.1) is 0 Å². The number of rotatable bonds is 5. The SMILES string of the molecule is CC1(C)c2cccc3ccc4cc(-c5cccc(N(c6ccccc6)c6cccc(-c7ccc8c9ccccc9c9ccccc9c8c7)c6)c5)cc(c4c23)C1(C)C. The molecule has 0 aromatic heterocycles. The minimum atomic E-state index is -0.0693. The van der Waals surface area contributed by atoms with E-state index in [1.807, 2.05) is 0 Å². The lowest BCUT2D eigenvalue weighted by Gasteiger charge is -2.47. The molecule has 272 valence electrons. The van der Waals surface area contributed by atoms with Crippen LogP contribution in [-0.2, 0) is 10.8 Å². The van der Waals surface area contributed by atoms with Crippen molar-refractivity contribution >= 4 is 70.9 Å². The molecule has 0 saturated heterocycles. The second kappa shape index (κ2) is 12.4. The molecule has 0 saturated carbocycles. The van der Waals surface area contributed by atoms with Crippen LogP contribution >= 0.6 is 0 Å². The van der Waals surface area contributed by atoms with Crippen molar-refractivity contribution in [2.24, 2.45) is 0 Å². The Kier molecular flexibility index (Phi) is 7.32. The smallest absolute Gasteiger partial charge is 0.0467 e. The van der Waals surface area contributed by atoms with Gasteiger partial charge in [0.2, 0.25) is 0 Å². The van der Waals surface area contributed by atoms with Crippen molar-refractivity contribution in [2.75, 3.05) is 4.90 Å². The number of fused-ring (bicyclic) bond motifs is 6. The van der Waals surface area contributed by atoms with Gasteiger partial charge in [-0.1, -0.05) is 161 Å². The van der Waals surface area contributed by atoms with Gasteiger partial charge in [-0.2, -0.15) is 0 Å². The Bertz CT molecular complexity index is 3200. The lowest BCUT2D eigenvalue weighted by atomic mass is 9.56. The summed E-state index contributed by atoms with van der Waals surface area (Å²) in [7, 11) is 0. The molecule has 0 aliphatic heterocycles. The van der Waals surface area contributed by atoms with Crippen LogP contribution < -0.4 is 4.90 Å². The zero-order valence-corrected chi connectivity index (χ0v) is 32.8. The molecule has 0 fully saturated rings. The maximum atomic E-state index is 2.48. The molecule has 0 heterocycles. The van der Waals surface area contributed by atoms with Crippen LogP contribution in [0.2, 0.25) is 0 Å². The Balaban J connectivity index is 1.06. The summed E-state index contributed by atoms with van der Waals surface area (Å²) >= 11 is 0. The highest BCUT2D eigenvalue weighted by atomic mass is 15.1. The van der Waals surface area contributed by atoms with Gasteiger partial charge < -0.3 is 4.90 Å². The minimum Gasteiger partial charge on any atom is -0.310 e. The quantitative estimate of drug-likeness (QED) is 0.159. The van der Waals surface area contributed by atoms with Crippen LogP contribution in [0.5, 0.6) is 0 Å². The fourth-order valence-electron chi connectivity index (χ4n) is 9.86. The van der Waals surface area contributed by atoms with Gasteiger partial charge in [-0.15, -0.1) is 0 Å². The zero-order chi connectivity index (χ0) is 38.5. The molecular weight excluding hydrogens is 687 g/mol. The van der Waals surface area contributed by atoms with Crippen LogP contribution in [0.4, 0.5) is 17.1 Å². The maximum absolute atomic E-state index is 2.48. The third kappa shape index (κ3) is 5.02. The molecule has 0 N–H and O–H groups in total. The number of anilines is 3. The fourth-order valence-corrected chi connectivity index (χ4v) is 9.86. The largest absolute Gasteiger partial charge is 0.310 e. The molecule has 0 spiro atoms. The molecule has 10 aromatic rings. The van der Waals surface area contributed by atoms with Crippen molar-refractivity contribution in [3.05, 3.63) is 199 Å². The predicted molar refractivity (Wildman–Crippen MR) is 246 cm³/mol. The van der Waals surface area contributed by atoms with Crippen LogP contribution in [0.15, 0.2) is 188 Å². The highest BCUT2D eigenvalue weighted by Gasteiger charge is 2.45. The second-order valence-corrected chi connectivity index (χ2v) is 17.0. The van der Waals surface area contributed by atoms with Gasteiger partial charge in [0, 0.05) is 17.1 Å². The summed E-state index contributed by atoms with van der Waals surface area (Å²) < 4.78 is 0. The van der Waals surface area contributed by atoms with E-state index in [0.717, 1.165) is 17.1 Å². The van der Waals surface area contributed by atoms with Crippen molar-refractivity contribution < 1.29 is 0 Å². The van der Waals surface area contributed by atoms with Gasteiger partial charge in [0.15, 0.2) is 0 Å². The van der Waals surface area contributed by atoms with Gasteiger partial charge >= 0.3 is 0 Å². The van der Waals surface area contributed by atoms with Crippen molar-refractivity contribution in [1.82, 2.24) is 0 Å². The number of hydrogen-bond acceptors (Lipinski definition) is 1. The van der Waals surface area contributed by atoms with Gasteiger partial charge in [0.25, 0.3) is 0 Å². The Morgan fingerprint density at radius 2 is 0.789 bits per heavy atom. The van der Waals surface area contributed by atoms with Crippen molar-refractivity contribution in [3.8, 4) is 22.3 Å². The van der Waals surface area contributed by atoms with E-state index < -0.39 is 0 Å². The Hall–Kier alpha value is -6.70. The first-order valence-electron chi connectivity index (χ1n) is 20.2. The van der Waals surface area contributed by atoms with Crippen LogP contribution in [0.1, 0.15) is 38.8 Å². The van der Waals surface area contributed by atoms with Gasteiger partial charge in [-0.05, 0) is 153 Å². The third-order valence-electron chi connectivity index (χ3n) is 13.5. The first kappa shape index (κ1) is 33.6. The van der Waals surface area contributed by atoms with E-state index in [1.165, 1.54) is 87.2 Å². The first-order valence-corrected chi connectivity index (χ1v) is 20.2. The third-order valence-corrected chi connectivity index (χ3v) is 13.5. The lowest BCUT2D eigenvalue weighted by molar-refractivity contribution is 0.304. The number of benzene rings is 10. The summed E-state index contributed by atoms with van der Waals surface area (Å²) in [5, 5.41) is 13.2.